The van der Waals surface area contributed by atoms with E-state index in [2.05, 4.69) is 5.32 Å². The second-order valence-electron chi connectivity index (χ2n) is 7.37. The third-order valence-electron chi connectivity index (χ3n) is 3.93. The van der Waals surface area contributed by atoms with Crippen molar-refractivity contribution in [3.8, 4) is 0 Å². The second kappa shape index (κ2) is 9.50. The zero-order valence-electron chi connectivity index (χ0n) is 16.0. The maximum Gasteiger partial charge on any atom is 0.408 e. The second-order valence-corrected chi connectivity index (χ2v) is 7.37. The van der Waals surface area contributed by atoms with Gasteiger partial charge in [-0.25, -0.2) is 4.79 Å². The molecule has 0 aliphatic heterocycles. The van der Waals surface area contributed by atoms with Gasteiger partial charge < -0.3 is 20.4 Å². The summed E-state index contributed by atoms with van der Waals surface area (Å²) < 4.78 is 5.29. The van der Waals surface area contributed by atoms with Crippen LogP contribution in [0, 0.1) is 0 Å². The molecule has 6 heteroatoms. The highest BCUT2D eigenvalue weighted by Crippen LogP contribution is 2.25. The molecule has 2 rings (SSSR count). The number of nitrogens with one attached hydrogen (secondary N) is 1. The van der Waals surface area contributed by atoms with E-state index in [9.17, 15) is 15.1 Å². The zero-order valence-corrected chi connectivity index (χ0v) is 16.0. The van der Waals surface area contributed by atoms with E-state index in [1.807, 2.05) is 60.7 Å². The molecule has 0 unspecified atom stereocenters. The smallest absolute Gasteiger partial charge is 0.408 e. The Hall–Kier alpha value is -2.41. The SMILES string of the molecule is CC(C)(C)OC(=O)N[C@@H](CO)[C@@H](c1ccccc1)N(O)Cc1ccccc1. The van der Waals surface area contributed by atoms with Crippen molar-refractivity contribution < 1.29 is 19.8 Å². The number of nitrogens with zero attached hydrogens (tertiary/aromatic N) is 1. The molecule has 0 bridgehead atoms. The Morgan fingerprint density at radius 2 is 1.63 bits per heavy atom. The number of rotatable bonds is 7. The minimum Gasteiger partial charge on any atom is -0.444 e. The molecule has 0 aliphatic carbocycles. The van der Waals surface area contributed by atoms with Crippen LogP contribution in [-0.4, -0.2) is 39.7 Å². The average Bonchev–Trinajstić information content (AvgIpc) is 2.61. The van der Waals surface area contributed by atoms with Crippen LogP contribution in [0.2, 0.25) is 0 Å². The predicted octanol–water partition coefficient (Wildman–Crippen LogP) is 3.50. The number of hydroxylamine groups is 2. The van der Waals surface area contributed by atoms with Crippen molar-refractivity contribution in [1.82, 2.24) is 10.4 Å². The van der Waals surface area contributed by atoms with Gasteiger partial charge >= 0.3 is 6.09 Å². The van der Waals surface area contributed by atoms with Gasteiger partial charge in [-0.05, 0) is 31.9 Å². The van der Waals surface area contributed by atoms with Gasteiger partial charge in [0.05, 0.1) is 18.7 Å². The lowest BCUT2D eigenvalue weighted by Crippen LogP contribution is -2.48. The van der Waals surface area contributed by atoms with Crippen molar-refractivity contribution in [2.45, 2.75) is 45.0 Å². The molecule has 0 saturated carbocycles. The molecule has 2 atom stereocenters. The van der Waals surface area contributed by atoms with Gasteiger partial charge in [-0.15, -0.1) is 0 Å². The topological polar surface area (TPSA) is 82.0 Å². The van der Waals surface area contributed by atoms with Gasteiger partial charge in [0.1, 0.15) is 5.60 Å². The largest absolute Gasteiger partial charge is 0.444 e. The Morgan fingerprint density at radius 3 is 2.15 bits per heavy atom. The molecule has 0 heterocycles. The molecular weight excluding hydrogens is 344 g/mol. The normalized spacial score (nSPS) is 13.9. The Balaban J connectivity index is 2.23. The van der Waals surface area contributed by atoms with Crippen LogP contribution in [0.15, 0.2) is 60.7 Å². The van der Waals surface area contributed by atoms with Crippen molar-refractivity contribution in [2.24, 2.45) is 0 Å². The molecule has 0 aliphatic rings. The third kappa shape index (κ3) is 6.67. The molecule has 146 valence electrons. The third-order valence-corrected chi connectivity index (χ3v) is 3.93. The Labute approximate surface area is 160 Å². The molecule has 0 spiro atoms. The quantitative estimate of drug-likeness (QED) is 0.648. The van der Waals surface area contributed by atoms with E-state index in [1.54, 1.807) is 20.8 Å². The summed E-state index contributed by atoms with van der Waals surface area (Å²) in [5, 5.41) is 24.5. The first kappa shape index (κ1) is 20.9. The molecule has 2 aromatic carbocycles. The van der Waals surface area contributed by atoms with Gasteiger partial charge in [0, 0.05) is 6.54 Å². The molecule has 0 saturated heterocycles. The van der Waals surface area contributed by atoms with E-state index in [4.69, 9.17) is 4.74 Å². The number of benzene rings is 2. The van der Waals surface area contributed by atoms with Crippen LogP contribution in [0.25, 0.3) is 0 Å². The molecule has 6 nitrogen and oxygen atoms in total. The number of hydrogen-bond acceptors (Lipinski definition) is 5. The lowest BCUT2D eigenvalue weighted by Gasteiger charge is -2.33. The molecule has 0 radical (unpaired) electrons. The van der Waals surface area contributed by atoms with E-state index >= 15 is 0 Å². The van der Waals surface area contributed by atoms with E-state index in [-0.39, 0.29) is 13.2 Å². The minimum absolute atomic E-state index is 0.243. The average molecular weight is 372 g/mol. The number of aliphatic hydroxyl groups excluding tert-OH is 1. The van der Waals surface area contributed by atoms with Crippen molar-refractivity contribution in [2.75, 3.05) is 6.61 Å². The Bertz CT molecular complexity index is 701. The Kier molecular flexibility index (Phi) is 7.36. The first-order valence-electron chi connectivity index (χ1n) is 8.95. The number of carbonyl (C=O) groups excluding carboxylic acids is 1. The van der Waals surface area contributed by atoms with E-state index in [0.717, 1.165) is 16.2 Å². The molecule has 2 aromatic rings. The number of carbonyl (C=O) groups is 1. The molecule has 0 aromatic heterocycles. The van der Waals surface area contributed by atoms with E-state index in [1.165, 1.54) is 0 Å². The number of aliphatic hydroxyl groups is 1. The lowest BCUT2D eigenvalue weighted by molar-refractivity contribution is -0.149. The fraction of sp³-hybridized carbons (Fsp3) is 0.381. The Morgan fingerprint density at radius 1 is 1.07 bits per heavy atom. The summed E-state index contributed by atoms with van der Waals surface area (Å²) in [7, 11) is 0. The van der Waals surface area contributed by atoms with Gasteiger partial charge in [0.25, 0.3) is 0 Å². The van der Waals surface area contributed by atoms with Crippen molar-refractivity contribution in [3.05, 3.63) is 71.8 Å². The van der Waals surface area contributed by atoms with Gasteiger partial charge in [0.15, 0.2) is 0 Å². The van der Waals surface area contributed by atoms with Crippen molar-refractivity contribution in [1.29, 1.82) is 0 Å². The maximum absolute atomic E-state index is 12.2. The van der Waals surface area contributed by atoms with Crippen LogP contribution in [0.3, 0.4) is 0 Å². The summed E-state index contributed by atoms with van der Waals surface area (Å²) in [4.78, 5) is 12.2. The van der Waals surface area contributed by atoms with Crippen molar-refractivity contribution in [3.63, 3.8) is 0 Å². The van der Waals surface area contributed by atoms with Crippen LogP contribution in [-0.2, 0) is 11.3 Å². The van der Waals surface area contributed by atoms with Gasteiger partial charge in [-0.1, -0.05) is 60.7 Å². The van der Waals surface area contributed by atoms with Crippen LogP contribution in [0.5, 0.6) is 0 Å². The minimum atomic E-state index is -0.754. The fourth-order valence-corrected chi connectivity index (χ4v) is 2.81. The van der Waals surface area contributed by atoms with E-state index < -0.39 is 23.8 Å². The van der Waals surface area contributed by atoms with Gasteiger partial charge in [-0.2, -0.15) is 5.06 Å². The molecular formula is C21H28N2O4. The van der Waals surface area contributed by atoms with Crippen LogP contribution >= 0.6 is 0 Å². The number of alkyl carbamates (subject to hydrolysis) is 1. The van der Waals surface area contributed by atoms with Crippen LogP contribution < -0.4 is 5.32 Å². The predicted molar refractivity (Wildman–Crippen MR) is 103 cm³/mol. The fourth-order valence-electron chi connectivity index (χ4n) is 2.81. The van der Waals surface area contributed by atoms with Crippen molar-refractivity contribution >= 4 is 6.09 Å². The highest BCUT2D eigenvalue weighted by molar-refractivity contribution is 5.68. The lowest BCUT2D eigenvalue weighted by atomic mass is 9.98. The monoisotopic (exact) mass is 372 g/mol. The summed E-state index contributed by atoms with van der Waals surface area (Å²) in [6, 6.07) is 17.3. The standard InChI is InChI=1S/C21H28N2O4/c1-21(2,3)27-20(25)22-18(15-24)19(17-12-8-5-9-13-17)23(26)14-16-10-6-4-7-11-16/h4-13,18-19,24,26H,14-15H2,1-3H3,(H,22,25)/t18-,19+/m0/s1. The first-order valence-corrected chi connectivity index (χ1v) is 8.95. The number of hydrogen-bond donors (Lipinski definition) is 3. The van der Waals surface area contributed by atoms with Gasteiger partial charge in [0.2, 0.25) is 0 Å². The highest BCUT2D eigenvalue weighted by atomic mass is 16.6. The molecule has 1 amide bonds. The summed E-state index contributed by atoms with van der Waals surface area (Å²) in [6.07, 6.45) is -0.643. The first-order chi connectivity index (χ1) is 12.8. The van der Waals surface area contributed by atoms with Gasteiger partial charge in [-0.3, -0.25) is 0 Å². The maximum atomic E-state index is 12.2. The number of ether oxygens (including phenoxy) is 1. The van der Waals surface area contributed by atoms with Crippen LogP contribution in [0.1, 0.15) is 37.9 Å². The summed E-state index contributed by atoms with van der Waals surface area (Å²) in [5.74, 6) is 0. The summed E-state index contributed by atoms with van der Waals surface area (Å²) >= 11 is 0. The zero-order chi connectivity index (χ0) is 19.9. The molecule has 27 heavy (non-hydrogen) atoms. The van der Waals surface area contributed by atoms with Crippen LogP contribution in [0.4, 0.5) is 4.79 Å². The summed E-state index contributed by atoms with van der Waals surface area (Å²) in [6.45, 7) is 5.19. The molecule has 0 fully saturated rings. The summed E-state index contributed by atoms with van der Waals surface area (Å²) in [5.41, 5.74) is 1.02. The molecule has 3 N–H and O–H groups in total. The number of amides is 1. The van der Waals surface area contributed by atoms with E-state index in [0.29, 0.717) is 0 Å². The highest BCUT2D eigenvalue weighted by Gasteiger charge is 2.31.